The summed E-state index contributed by atoms with van der Waals surface area (Å²) in [5.74, 6) is -0.170. The molecule has 1 saturated heterocycles. The fraction of sp³-hybridized carbons (Fsp3) is 0.533. The second-order valence-electron chi connectivity index (χ2n) is 5.40. The first-order valence-electron chi connectivity index (χ1n) is 7.12. The Bertz CT molecular complexity index is 501. The second-order valence-corrected chi connectivity index (χ2v) is 5.40. The standard InChI is InChI=1S/C15H19FN2O2/c16-13-3-1-2-12-11(13)4-5-14(12)18-15(19)8-10-9-20-7-6-17-10/h1-3,10,14,17H,4-9H2,(H,18,19). The normalized spacial score (nSPS) is 25.2. The molecule has 0 bridgehead atoms. The van der Waals surface area contributed by atoms with Crippen molar-refractivity contribution in [1.29, 1.82) is 0 Å². The number of halogens is 1. The number of benzene rings is 1. The lowest BCUT2D eigenvalue weighted by molar-refractivity contribution is -0.123. The van der Waals surface area contributed by atoms with Crippen LogP contribution >= 0.6 is 0 Å². The van der Waals surface area contributed by atoms with E-state index in [4.69, 9.17) is 4.74 Å². The van der Waals surface area contributed by atoms with Gasteiger partial charge in [-0.2, -0.15) is 0 Å². The summed E-state index contributed by atoms with van der Waals surface area (Å²) >= 11 is 0. The number of ether oxygens (including phenoxy) is 1. The van der Waals surface area contributed by atoms with Crippen LogP contribution < -0.4 is 10.6 Å². The highest BCUT2D eigenvalue weighted by Crippen LogP contribution is 2.32. The van der Waals surface area contributed by atoms with Crippen molar-refractivity contribution in [2.24, 2.45) is 0 Å². The summed E-state index contributed by atoms with van der Waals surface area (Å²) in [4.78, 5) is 12.1. The van der Waals surface area contributed by atoms with Crippen molar-refractivity contribution in [3.8, 4) is 0 Å². The summed E-state index contributed by atoms with van der Waals surface area (Å²) in [6, 6.07) is 5.11. The summed E-state index contributed by atoms with van der Waals surface area (Å²) in [5, 5.41) is 6.27. The smallest absolute Gasteiger partial charge is 0.222 e. The Morgan fingerprint density at radius 3 is 3.20 bits per heavy atom. The summed E-state index contributed by atoms with van der Waals surface area (Å²) < 4.78 is 19.0. The van der Waals surface area contributed by atoms with Gasteiger partial charge in [-0.15, -0.1) is 0 Å². The molecule has 1 aliphatic carbocycles. The van der Waals surface area contributed by atoms with E-state index in [2.05, 4.69) is 10.6 Å². The Morgan fingerprint density at radius 1 is 1.50 bits per heavy atom. The van der Waals surface area contributed by atoms with Gasteiger partial charge in [-0.05, 0) is 30.0 Å². The molecule has 5 heteroatoms. The van der Waals surface area contributed by atoms with Crippen molar-refractivity contribution in [2.75, 3.05) is 19.8 Å². The molecule has 1 fully saturated rings. The van der Waals surface area contributed by atoms with Crippen molar-refractivity contribution in [1.82, 2.24) is 10.6 Å². The van der Waals surface area contributed by atoms with Gasteiger partial charge in [0, 0.05) is 19.0 Å². The SMILES string of the molecule is O=C(CC1COCCN1)NC1CCc2c(F)cccc21. The molecule has 2 unspecified atom stereocenters. The maximum atomic E-state index is 13.6. The molecular formula is C15H19FN2O2. The topological polar surface area (TPSA) is 50.4 Å². The molecule has 20 heavy (non-hydrogen) atoms. The maximum absolute atomic E-state index is 13.6. The number of amides is 1. The number of hydrogen-bond donors (Lipinski definition) is 2. The fourth-order valence-electron chi connectivity index (χ4n) is 2.99. The Kier molecular flexibility index (Phi) is 3.98. The van der Waals surface area contributed by atoms with Gasteiger partial charge in [-0.1, -0.05) is 12.1 Å². The van der Waals surface area contributed by atoms with Crippen LogP contribution in [-0.2, 0) is 16.0 Å². The third-order valence-electron chi connectivity index (χ3n) is 3.98. The van der Waals surface area contributed by atoms with Crippen molar-refractivity contribution < 1.29 is 13.9 Å². The lowest BCUT2D eigenvalue weighted by atomic mass is 10.1. The lowest BCUT2D eigenvalue weighted by Crippen LogP contribution is -2.44. The zero-order valence-electron chi connectivity index (χ0n) is 11.3. The van der Waals surface area contributed by atoms with Gasteiger partial charge in [0.15, 0.2) is 0 Å². The van der Waals surface area contributed by atoms with Gasteiger partial charge < -0.3 is 15.4 Å². The highest BCUT2D eigenvalue weighted by atomic mass is 19.1. The summed E-state index contributed by atoms with van der Waals surface area (Å²) in [6.45, 7) is 2.06. The highest BCUT2D eigenvalue weighted by molar-refractivity contribution is 5.77. The fourth-order valence-corrected chi connectivity index (χ4v) is 2.99. The third kappa shape index (κ3) is 2.83. The van der Waals surface area contributed by atoms with Crippen LogP contribution in [0.25, 0.3) is 0 Å². The minimum Gasteiger partial charge on any atom is -0.378 e. The average Bonchev–Trinajstić information content (AvgIpc) is 2.84. The van der Waals surface area contributed by atoms with E-state index in [1.54, 1.807) is 6.07 Å². The van der Waals surface area contributed by atoms with E-state index in [0.29, 0.717) is 26.1 Å². The van der Waals surface area contributed by atoms with Crippen LogP contribution in [0.5, 0.6) is 0 Å². The van der Waals surface area contributed by atoms with E-state index in [1.807, 2.05) is 6.07 Å². The maximum Gasteiger partial charge on any atom is 0.222 e. The predicted molar refractivity (Wildman–Crippen MR) is 72.8 cm³/mol. The van der Waals surface area contributed by atoms with Crippen LogP contribution in [0.3, 0.4) is 0 Å². The average molecular weight is 278 g/mol. The van der Waals surface area contributed by atoms with Crippen molar-refractivity contribution in [3.63, 3.8) is 0 Å². The number of carbonyl (C=O) groups is 1. The molecule has 1 aliphatic heterocycles. The van der Waals surface area contributed by atoms with E-state index in [-0.39, 0.29) is 23.8 Å². The quantitative estimate of drug-likeness (QED) is 0.876. The van der Waals surface area contributed by atoms with Gasteiger partial charge in [0.2, 0.25) is 5.91 Å². The first kappa shape index (κ1) is 13.5. The molecule has 1 aromatic rings. The van der Waals surface area contributed by atoms with Gasteiger partial charge in [-0.3, -0.25) is 4.79 Å². The Labute approximate surface area is 117 Å². The number of morpholine rings is 1. The summed E-state index contributed by atoms with van der Waals surface area (Å²) in [7, 11) is 0. The minimum absolute atomic E-state index is 0.00453. The first-order chi connectivity index (χ1) is 9.74. The first-order valence-corrected chi connectivity index (χ1v) is 7.12. The molecular weight excluding hydrogens is 259 g/mol. The molecule has 0 aromatic heterocycles. The monoisotopic (exact) mass is 278 g/mol. The van der Waals surface area contributed by atoms with Crippen molar-refractivity contribution >= 4 is 5.91 Å². The van der Waals surface area contributed by atoms with E-state index in [1.165, 1.54) is 6.07 Å². The third-order valence-corrected chi connectivity index (χ3v) is 3.98. The molecule has 0 radical (unpaired) electrons. The summed E-state index contributed by atoms with van der Waals surface area (Å²) in [6.07, 6.45) is 1.87. The van der Waals surface area contributed by atoms with Gasteiger partial charge in [0.1, 0.15) is 5.82 Å². The Balaban J connectivity index is 1.59. The van der Waals surface area contributed by atoms with E-state index < -0.39 is 0 Å². The van der Waals surface area contributed by atoms with E-state index in [9.17, 15) is 9.18 Å². The zero-order chi connectivity index (χ0) is 13.9. The molecule has 2 aliphatic rings. The number of nitrogens with one attached hydrogen (secondary N) is 2. The van der Waals surface area contributed by atoms with Crippen molar-refractivity contribution in [2.45, 2.75) is 31.3 Å². The molecule has 0 saturated carbocycles. The number of fused-ring (bicyclic) bond motifs is 1. The van der Waals surface area contributed by atoms with Gasteiger partial charge >= 0.3 is 0 Å². The van der Waals surface area contributed by atoms with Crippen molar-refractivity contribution in [3.05, 3.63) is 35.1 Å². The van der Waals surface area contributed by atoms with E-state index >= 15 is 0 Å². The molecule has 2 atom stereocenters. The number of rotatable bonds is 3. The van der Waals surface area contributed by atoms with Crippen LogP contribution in [0.15, 0.2) is 18.2 Å². The van der Waals surface area contributed by atoms with Crippen LogP contribution in [0.4, 0.5) is 4.39 Å². The molecule has 108 valence electrons. The zero-order valence-corrected chi connectivity index (χ0v) is 11.3. The molecule has 1 amide bonds. The van der Waals surface area contributed by atoms with Crippen LogP contribution in [0.2, 0.25) is 0 Å². The highest BCUT2D eigenvalue weighted by Gasteiger charge is 2.27. The minimum atomic E-state index is -0.165. The molecule has 3 rings (SSSR count). The van der Waals surface area contributed by atoms with Crippen LogP contribution in [-0.4, -0.2) is 31.7 Å². The lowest BCUT2D eigenvalue weighted by Gasteiger charge is -2.24. The van der Waals surface area contributed by atoms with Crippen LogP contribution in [0.1, 0.15) is 30.0 Å². The van der Waals surface area contributed by atoms with Crippen LogP contribution in [0, 0.1) is 5.82 Å². The molecule has 1 aromatic carbocycles. The molecule has 0 spiro atoms. The van der Waals surface area contributed by atoms with Gasteiger partial charge in [-0.25, -0.2) is 4.39 Å². The summed E-state index contributed by atoms with van der Waals surface area (Å²) in [5.41, 5.74) is 1.67. The van der Waals surface area contributed by atoms with E-state index in [0.717, 1.165) is 24.1 Å². The second kappa shape index (κ2) is 5.89. The molecule has 1 heterocycles. The Morgan fingerprint density at radius 2 is 2.40 bits per heavy atom. The van der Waals surface area contributed by atoms with Gasteiger partial charge in [0.05, 0.1) is 19.3 Å². The molecule has 2 N–H and O–H groups in total. The largest absolute Gasteiger partial charge is 0.378 e. The Hall–Kier alpha value is -1.46. The number of carbonyl (C=O) groups excluding carboxylic acids is 1. The van der Waals surface area contributed by atoms with Gasteiger partial charge in [0.25, 0.3) is 0 Å². The predicted octanol–water partition coefficient (Wildman–Crippen LogP) is 1.31. The molecule has 4 nitrogen and oxygen atoms in total. The number of hydrogen-bond acceptors (Lipinski definition) is 3.